The van der Waals surface area contributed by atoms with E-state index in [1.165, 1.54) is 0 Å². The maximum Gasteiger partial charge on any atom is 0.349 e. The Morgan fingerprint density at radius 2 is 1.89 bits per heavy atom. The fraction of sp³-hybridized carbons (Fsp3) is 0.533. The summed E-state index contributed by atoms with van der Waals surface area (Å²) in [6, 6.07) is 3.41. The van der Waals surface area contributed by atoms with E-state index in [1.807, 2.05) is 13.8 Å². The van der Waals surface area contributed by atoms with Crippen LogP contribution in [0.4, 0.5) is 0 Å². The summed E-state index contributed by atoms with van der Waals surface area (Å²) in [4.78, 5) is 11.9. The average Bonchev–Trinajstić information content (AvgIpc) is 2.32. The Bertz CT molecular complexity index is 513. The minimum atomic E-state index is -1.60. The van der Waals surface area contributed by atoms with Gasteiger partial charge in [0, 0.05) is 8.02 Å². The number of halogens is 1. The molecule has 3 nitrogen and oxygen atoms in total. The summed E-state index contributed by atoms with van der Waals surface area (Å²) in [6.07, 6.45) is 0. The van der Waals surface area contributed by atoms with Crippen molar-refractivity contribution in [1.82, 2.24) is 0 Å². The molecule has 0 aromatic heterocycles. The number of carbonyl (C=O) groups excluding carboxylic acids is 1. The monoisotopic (exact) mass is 330 g/mol. The first-order chi connectivity index (χ1) is 9.49. The largest absolute Gasteiger partial charge is 0.476 e. The lowest BCUT2D eigenvalue weighted by Crippen LogP contribution is -2.40. The minimum absolute atomic E-state index is 0.298. The first-order valence-corrected chi connectivity index (χ1v) is 6.95. The van der Waals surface area contributed by atoms with E-state index in [0.717, 1.165) is 11.1 Å². The molecule has 0 atom stereocenters. The fourth-order valence-corrected chi connectivity index (χ4v) is 2.00. The minimum Gasteiger partial charge on any atom is -0.476 e. The summed E-state index contributed by atoms with van der Waals surface area (Å²) in [5, 5.41) is -1.60. The van der Waals surface area contributed by atoms with Crippen molar-refractivity contribution in [3.63, 3.8) is 0 Å². The van der Waals surface area contributed by atoms with Crippen LogP contribution in [-0.4, -0.2) is 18.2 Å². The van der Waals surface area contributed by atoms with Crippen molar-refractivity contribution < 1.29 is 17.0 Å². The van der Waals surface area contributed by atoms with Crippen molar-refractivity contribution >= 4 is 21.9 Å². The van der Waals surface area contributed by atoms with Gasteiger partial charge in [-0.05, 0) is 51.3 Å². The molecule has 0 saturated heterocycles. The molecule has 0 radical (unpaired) electrons. The van der Waals surface area contributed by atoms with E-state index in [9.17, 15) is 4.79 Å². The highest BCUT2D eigenvalue weighted by atomic mass is 79.9. The van der Waals surface area contributed by atoms with Gasteiger partial charge in [0.2, 0.25) is 0 Å². The van der Waals surface area contributed by atoms with Crippen LogP contribution in [0.2, 0.25) is 0 Å². The number of benzene rings is 1. The van der Waals surface area contributed by atoms with Gasteiger partial charge in [0.1, 0.15) is 5.75 Å². The standard InChI is InChI=1S/C15H21BrO3/c1-6-18-14(17)15(4,5)19-13-10(2)7-12(9-16)8-11(13)3/h7-8H,6,9H2,1-5H3/i9D2. The molecule has 0 N–H and O–H groups in total. The second kappa shape index (κ2) is 6.42. The molecule has 0 spiro atoms. The molecule has 19 heavy (non-hydrogen) atoms. The number of hydrogen-bond donors (Lipinski definition) is 0. The van der Waals surface area contributed by atoms with E-state index < -0.39 is 16.9 Å². The van der Waals surface area contributed by atoms with Crippen LogP contribution in [0.3, 0.4) is 0 Å². The third-order valence-electron chi connectivity index (χ3n) is 2.69. The Hall–Kier alpha value is -1.03. The number of rotatable bonds is 5. The van der Waals surface area contributed by atoms with Crippen LogP contribution < -0.4 is 4.74 Å². The van der Waals surface area contributed by atoms with Gasteiger partial charge in [0.25, 0.3) is 0 Å². The molecule has 106 valence electrons. The predicted octanol–water partition coefficient (Wildman–Crippen LogP) is 3.92. The zero-order chi connectivity index (χ0) is 16.4. The lowest BCUT2D eigenvalue weighted by Gasteiger charge is -2.26. The molecule has 1 aromatic rings. The molecule has 0 aliphatic heterocycles. The van der Waals surface area contributed by atoms with Crippen LogP contribution in [0.5, 0.6) is 5.75 Å². The SMILES string of the molecule is [2H]C([2H])(Br)c1cc(C)c(OC(C)(C)C(=O)OCC)c(C)c1. The average molecular weight is 331 g/mol. The molecule has 1 aromatic carbocycles. The van der Waals surface area contributed by atoms with Gasteiger partial charge in [-0.15, -0.1) is 0 Å². The third kappa shape index (κ3) is 3.96. The van der Waals surface area contributed by atoms with Gasteiger partial charge < -0.3 is 9.47 Å². The van der Waals surface area contributed by atoms with Crippen molar-refractivity contribution in [1.29, 1.82) is 0 Å². The Labute approximate surface area is 126 Å². The number of carbonyl (C=O) groups is 1. The maximum absolute atomic E-state index is 11.9. The maximum atomic E-state index is 11.9. The Morgan fingerprint density at radius 3 is 2.32 bits per heavy atom. The topological polar surface area (TPSA) is 35.5 Å². The van der Waals surface area contributed by atoms with Crippen molar-refractivity contribution in [2.24, 2.45) is 0 Å². The molecule has 0 fully saturated rings. The Kier molecular flexibility index (Phi) is 4.38. The molecule has 0 aliphatic carbocycles. The van der Waals surface area contributed by atoms with E-state index in [-0.39, 0.29) is 0 Å². The van der Waals surface area contributed by atoms with E-state index in [1.54, 1.807) is 32.9 Å². The first kappa shape index (κ1) is 13.0. The lowest BCUT2D eigenvalue weighted by atomic mass is 10.0. The quantitative estimate of drug-likeness (QED) is 0.606. The highest BCUT2D eigenvalue weighted by Crippen LogP contribution is 2.29. The fourth-order valence-electron chi connectivity index (χ4n) is 1.77. The molecule has 0 amide bonds. The summed E-state index contributed by atoms with van der Waals surface area (Å²) in [5.74, 6) is 0.150. The third-order valence-corrected chi connectivity index (χ3v) is 3.15. The van der Waals surface area contributed by atoms with Crippen molar-refractivity contribution in [3.05, 3.63) is 28.8 Å². The van der Waals surface area contributed by atoms with E-state index >= 15 is 0 Å². The van der Waals surface area contributed by atoms with Crippen LogP contribution in [0, 0.1) is 13.8 Å². The molecule has 1 rings (SSSR count). The van der Waals surface area contributed by atoms with Gasteiger partial charge >= 0.3 is 5.97 Å². The van der Waals surface area contributed by atoms with E-state index in [2.05, 4.69) is 15.9 Å². The number of aryl methyl sites for hydroxylation is 2. The highest BCUT2D eigenvalue weighted by molar-refractivity contribution is 9.08. The number of esters is 1. The molecule has 0 unspecified atom stereocenters. The number of ether oxygens (including phenoxy) is 2. The summed E-state index contributed by atoms with van der Waals surface area (Å²) < 4.78 is 26.3. The van der Waals surface area contributed by atoms with Crippen LogP contribution in [0.15, 0.2) is 12.1 Å². The number of hydrogen-bond acceptors (Lipinski definition) is 3. The smallest absolute Gasteiger partial charge is 0.349 e. The summed E-state index contributed by atoms with van der Waals surface area (Å²) >= 11 is 3.00. The zero-order valence-electron chi connectivity index (χ0n) is 14.0. The van der Waals surface area contributed by atoms with Crippen LogP contribution in [0.25, 0.3) is 0 Å². The van der Waals surface area contributed by atoms with Gasteiger partial charge in [-0.25, -0.2) is 4.79 Å². The van der Waals surface area contributed by atoms with Gasteiger partial charge in [-0.1, -0.05) is 28.1 Å². The molecule has 4 heteroatoms. The molecule has 0 bridgehead atoms. The Morgan fingerprint density at radius 1 is 1.37 bits per heavy atom. The van der Waals surface area contributed by atoms with Crippen molar-refractivity contribution in [2.75, 3.05) is 6.61 Å². The van der Waals surface area contributed by atoms with Gasteiger partial charge in [0.15, 0.2) is 5.60 Å². The Balaban J connectivity index is 3.13. The van der Waals surface area contributed by atoms with E-state index in [4.69, 9.17) is 12.2 Å². The van der Waals surface area contributed by atoms with Gasteiger partial charge in [-0.3, -0.25) is 0 Å². The van der Waals surface area contributed by atoms with Gasteiger partial charge in [0.05, 0.1) is 6.61 Å². The van der Waals surface area contributed by atoms with E-state index in [0.29, 0.717) is 17.9 Å². The second-order valence-corrected chi connectivity index (χ2v) is 5.26. The normalized spacial score (nSPS) is 13.6. The predicted molar refractivity (Wildman–Crippen MR) is 79.9 cm³/mol. The van der Waals surface area contributed by atoms with Crippen LogP contribution >= 0.6 is 15.9 Å². The lowest BCUT2D eigenvalue weighted by molar-refractivity contribution is -0.158. The first-order valence-electron chi connectivity index (χ1n) is 7.16. The van der Waals surface area contributed by atoms with Crippen LogP contribution in [0.1, 0.15) is 40.2 Å². The second-order valence-electron chi connectivity index (χ2n) is 4.87. The van der Waals surface area contributed by atoms with Crippen LogP contribution in [-0.2, 0) is 14.8 Å². The molecule has 0 aliphatic rings. The summed E-state index contributed by atoms with van der Waals surface area (Å²) in [7, 11) is 0. The number of alkyl halides is 1. The zero-order valence-corrected chi connectivity index (χ0v) is 13.6. The molecule has 0 saturated carbocycles. The summed E-state index contributed by atoms with van der Waals surface area (Å²) in [6.45, 7) is 9.00. The molecule has 0 heterocycles. The summed E-state index contributed by atoms with van der Waals surface area (Å²) in [5.41, 5.74) is 0.954. The molecular formula is C15H21BrO3. The molecular weight excluding hydrogens is 308 g/mol. The van der Waals surface area contributed by atoms with Crippen molar-refractivity contribution in [2.45, 2.75) is 45.5 Å². The van der Waals surface area contributed by atoms with Crippen molar-refractivity contribution in [3.8, 4) is 5.75 Å². The highest BCUT2D eigenvalue weighted by Gasteiger charge is 2.32. The van der Waals surface area contributed by atoms with Gasteiger partial charge in [-0.2, -0.15) is 0 Å².